The summed E-state index contributed by atoms with van der Waals surface area (Å²) in [5, 5.41) is 5.40. The molecule has 108 valence electrons. The number of nitrogens with one attached hydrogen (secondary N) is 2. The monoisotopic (exact) mass is 282 g/mol. The fourth-order valence-corrected chi connectivity index (χ4v) is 1.95. The third-order valence-corrected chi connectivity index (χ3v) is 3.00. The van der Waals surface area contributed by atoms with Crippen LogP contribution >= 0.6 is 0 Å². The summed E-state index contributed by atoms with van der Waals surface area (Å²) in [7, 11) is 0. The van der Waals surface area contributed by atoms with Crippen LogP contribution in [-0.2, 0) is 9.59 Å². The van der Waals surface area contributed by atoms with Gasteiger partial charge in [-0.3, -0.25) is 9.59 Å². The number of rotatable bonds is 5. The van der Waals surface area contributed by atoms with Gasteiger partial charge in [0.15, 0.2) is 0 Å². The molecule has 2 aromatic carbocycles. The molecule has 0 atom stereocenters. The van der Waals surface area contributed by atoms with E-state index < -0.39 is 0 Å². The van der Waals surface area contributed by atoms with Gasteiger partial charge in [0.1, 0.15) is 0 Å². The van der Waals surface area contributed by atoms with Crippen LogP contribution < -0.4 is 10.6 Å². The van der Waals surface area contributed by atoms with Gasteiger partial charge in [-0.15, -0.1) is 0 Å². The molecule has 4 nitrogen and oxygen atoms in total. The van der Waals surface area contributed by atoms with Crippen molar-refractivity contribution in [1.29, 1.82) is 0 Å². The molecule has 0 saturated heterocycles. The van der Waals surface area contributed by atoms with Crippen molar-refractivity contribution >= 4 is 17.5 Å². The Kier molecular flexibility index (Phi) is 5.10. The lowest BCUT2D eigenvalue weighted by Gasteiger charge is -2.07. The SMILES string of the molecule is CC(=O)NCCC(=O)Nc1ccc(-c2ccccc2)cc1. The van der Waals surface area contributed by atoms with Gasteiger partial charge in [-0.1, -0.05) is 42.5 Å². The molecule has 2 N–H and O–H groups in total. The first kappa shape index (κ1) is 14.8. The smallest absolute Gasteiger partial charge is 0.226 e. The van der Waals surface area contributed by atoms with E-state index in [0.29, 0.717) is 6.54 Å². The van der Waals surface area contributed by atoms with Gasteiger partial charge in [0.25, 0.3) is 0 Å². The Bertz CT molecular complexity index is 606. The van der Waals surface area contributed by atoms with E-state index in [2.05, 4.69) is 10.6 Å². The molecule has 4 heteroatoms. The lowest BCUT2D eigenvalue weighted by Crippen LogP contribution is -2.25. The van der Waals surface area contributed by atoms with Gasteiger partial charge in [0.2, 0.25) is 11.8 Å². The lowest BCUT2D eigenvalue weighted by molar-refractivity contribution is -0.119. The van der Waals surface area contributed by atoms with Crippen molar-refractivity contribution in [3.05, 3.63) is 54.6 Å². The van der Waals surface area contributed by atoms with Gasteiger partial charge in [0.05, 0.1) is 0 Å². The summed E-state index contributed by atoms with van der Waals surface area (Å²) < 4.78 is 0. The third kappa shape index (κ3) is 4.76. The van der Waals surface area contributed by atoms with Gasteiger partial charge < -0.3 is 10.6 Å². The highest BCUT2D eigenvalue weighted by atomic mass is 16.2. The van der Waals surface area contributed by atoms with Crippen LogP contribution in [0.5, 0.6) is 0 Å². The van der Waals surface area contributed by atoms with Gasteiger partial charge in [-0.05, 0) is 23.3 Å². The molecule has 2 rings (SSSR count). The van der Waals surface area contributed by atoms with E-state index in [1.54, 1.807) is 0 Å². The molecule has 0 aliphatic rings. The molecular formula is C17H18N2O2. The predicted octanol–water partition coefficient (Wildman–Crippen LogP) is 2.82. The first-order valence-electron chi connectivity index (χ1n) is 6.85. The number of carbonyl (C=O) groups is 2. The fraction of sp³-hybridized carbons (Fsp3) is 0.176. The Morgan fingerprint density at radius 1 is 0.905 bits per heavy atom. The van der Waals surface area contributed by atoms with E-state index >= 15 is 0 Å². The number of benzene rings is 2. The second-order valence-electron chi connectivity index (χ2n) is 4.72. The van der Waals surface area contributed by atoms with Crippen molar-refractivity contribution in [1.82, 2.24) is 5.32 Å². The summed E-state index contributed by atoms with van der Waals surface area (Å²) in [5.74, 6) is -0.244. The summed E-state index contributed by atoms with van der Waals surface area (Å²) >= 11 is 0. The highest BCUT2D eigenvalue weighted by molar-refractivity contribution is 5.91. The second-order valence-corrected chi connectivity index (χ2v) is 4.72. The lowest BCUT2D eigenvalue weighted by atomic mass is 10.1. The van der Waals surface area contributed by atoms with Crippen LogP contribution in [0.2, 0.25) is 0 Å². The average Bonchev–Trinajstić information content (AvgIpc) is 2.48. The van der Waals surface area contributed by atoms with Gasteiger partial charge in [0, 0.05) is 25.6 Å². The molecule has 0 aliphatic heterocycles. The number of amides is 2. The predicted molar refractivity (Wildman–Crippen MR) is 83.8 cm³/mol. The van der Waals surface area contributed by atoms with Crippen LogP contribution in [0, 0.1) is 0 Å². The first-order valence-corrected chi connectivity index (χ1v) is 6.85. The molecule has 0 unspecified atom stereocenters. The number of hydrogen-bond donors (Lipinski definition) is 2. The van der Waals surface area contributed by atoms with Crippen molar-refractivity contribution in [2.45, 2.75) is 13.3 Å². The first-order chi connectivity index (χ1) is 10.1. The minimum Gasteiger partial charge on any atom is -0.356 e. The molecule has 0 aliphatic carbocycles. The summed E-state index contributed by atoms with van der Waals surface area (Å²) in [5.41, 5.74) is 3.00. The molecule has 21 heavy (non-hydrogen) atoms. The normalized spacial score (nSPS) is 9.95. The van der Waals surface area contributed by atoms with Crippen molar-refractivity contribution in [3.63, 3.8) is 0 Å². The Morgan fingerprint density at radius 2 is 1.52 bits per heavy atom. The Hall–Kier alpha value is -2.62. The van der Waals surface area contributed by atoms with Crippen LogP contribution in [0.15, 0.2) is 54.6 Å². The highest BCUT2D eigenvalue weighted by Crippen LogP contribution is 2.20. The van der Waals surface area contributed by atoms with Crippen LogP contribution in [0.25, 0.3) is 11.1 Å². The Balaban J connectivity index is 1.91. The third-order valence-electron chi connectivity index (χ3n) is 3.00. The fourth-order valence-electron chi connectivity index (χ4n) is 1.95. The van der Waals surface area contributed by atoms with E-state index in [1.807, 2.05) is 54.6 Å². The minimum atomic E-state index is -0.130. The molecular weight excluding hydrogens is 264 g/mol. The maximum absolute atomic E-state index is 11.7. The van der Waals surface area contributed by atoms with E-state index in [4.69, 9.17) is 0 Å². The summed E-state index contributed by atoms with van der Waals surface area (Å²) in [4.78, 5) is 22.4. The second kappa shape index (κ2) is 7.24. The molecule has 2 aromatic rings. The van der Waals surface area contributed by atoms with Crippen molar-refractivity contribution in [2.24, 2.45) is 0 Å². The van der Waals surface area contributed by atoms with Crippen molar-refractivity contribution < 1.29 is 9.59 Å². The number of carbonyl (C=O) groups excluding carboxylic acids is 2. The summed E-state index contributed by atoms with van der Waals surface area (Å²) in [6.45, 7) is 1.78. The highest BCUT2D eigenvalue weighted by Gasteiger charge is 2.03. The van der Waals surface area contributed by atoms with Gasteiger partial charge in [-0.25, -0.2) is 0 Å². The minimum absolute atomic E-state index is 0.115. The number of anilines is 1. The Labute approximate surface area is 124 Å². The Morgan fingerprint density at radius 3 is 2.14 bits per heavy atom. The maximum Gasteiger partial charge on any atom is 0.226 e. The average molecular weight is 282 g/mol. The molecule has 0 radical (unpaired) electrons. The zero-order valence-electron chi connectivity index (χ0n) is 11.9. The van der Waals surface area contributed by atoms with Crippen LogP contribution in [-0.4, -0.2) is 18.4 Å². The van der Waals surface area contributed by atoms with Crippen molar-refractivity contribution in [2.75, 3.05) is 11.9 Å². The van der Waals surface area contributed by atoms with E-state index in [-0.39, 0.29) is 18.2 Å². The molecule has 0 heterocycles. The molecule has 0 saturated carbocycles. The molecule has 0 fully saturated rings. The quantitative estimate of drug-likeness (QED) is 0.886. The largest absolute Gasteiger partial charge is 0.356 e. The number of hydrogen-bond acceptors (Lipinski definition) is 2. The molecule has 0 aromatic heterocycles. The van der Waals surface area contributed by atoms with Crippen LogP contribution in [0.1, 0.15) is 13.3 Å². The van der Waals surface area contributed by atoms with E-state index in [0.717, 1.165) is 16.8 Å². The summed E-state index contributed by atoms with van der Waals surface area (Å²) in [6, 6.07) is 17.7. The standard InChI is InChI=1S/C17H18N2O2/c1-13(20)18-12-11-17(21)19-16-9-7-15(8-10-16)14-5-3-2-4-6-14/h2-10H,11-12H2,1H3,(H,18,20)(H,19,21). The molecule has 0 spiro atoms. The summed E-state index contributed by atoms with van der Waals surface area (Å²) in [6.07, 6.45) is 0.264. The van der Waals surface area contributed by atoms with Crippen LogP contribution in [0.4, 0.5) is 5.69 Å². The van der Waals surface area contributed by atoms with Gasteiger partial charge >= 0.3 is 0 Å². The zero-order valence-corrected chi connectivity index (χ0v) is 11.9. The van der Waals surface area contributed by atoms with Crippen molar-refractivity contribution in [3.8, 4) is 11.1 Å². The maximum atomic E-state index is 11.7. The topological polar surface area (TPSA) is 58.2 Å². The molecule has 0 bridgehead atoms. The van der Waals surface area contributed by atoms with Crippen LogP contribution in [0.3, 0.4) is 0 Å². The molecule has 2 amide bonds. The van der Waals surface area contributed by atoms with Gasteiger partial charge in [-0.2, -0.15) is 0 Å². The van der Waals surface area contributed by atoms with E-state index in [9.17, 15) is 9.59 Å². The van der Waals surface area contributed by atoms with E-state index in [1.165, 1.54) is 6.92 Å². The zero-order chi connectivity index (χ0) is 15.1.